The summed E-state index contributed by atoms with van der Waals surface area (Å²) in [6.45, 7) is 2.54. The smallest absolute Gasteiger partial charge is 0.0772 e. The maximum atomic E-state index is 5.36. The summed E-state index contributed by atoms with van der Waals surface area (Å²) in [5.41, 5.74) is 6.67. The third-order valence-corrected chi connectivity index (χ3v) is 4.57. The molecule has 0 unspecified atom stereocenters. The van der Waals surface area contributed by atoms with Crippen LogP contribution in [-0.2, 0) is 5.75 Å². The predicted octanol–water partition coefficient (Wildman–Crippen LogP) is 3.66. The van der Waals surface area contributed by atoms with E-state index in [-0.39, 0.29) is 0 Å². The Hall–Kier alpha value is -1.21. The van der Waals surface area contributed by atoms with Gasteiger partial charge in [-0.1, -0.05) is 29.5 Å². The Morgan fingerprint density at radius 3 is 2.94 bits per heavy atom. The summed E-state index contributed by atoms with van der Waals surface area (Å²) in [7, 11) is 0. The minimum absolute atomic E-state index is 0.422. The van der Waals surface area contributed by atoms with E-state index < -0.39 is 0 Å². The average Bonchev–Trinajstić information content (AvgIpc) is 2.82. The quantitative estimate of drug-likeness (QED) is 0.682. The van der Waals surface area contributed by atoms with Gasteiger partial charge in [-0.25, -0.2) is 0 Å². The first-order valence-corrected chi connectivity index (χ1v) is 7.55. The molecule has 0 fully saturated rings. The molecule has 0 amide bonds. The standard InChI is InChI=1S/C15H15NS2/c1-12-4-2-5-14(10-12)17-11-15-8-7-13(18-15)6-3-9-16/h2,4-5,7-8,10H,9,11,16H2,1H3. The second-order valence-corrected chi connectivity index (χ2v) is 6.09. The zero-order valence-electron chi connectivity index (χ0n) is 10.3. The molecule has 0 aliphatic rings. The fraction of sp³-hybridized carbons (Fsp3) is 0.200. The summed E-state index contributed by atoms with van der Waals surface area (Å²) in [4.78, 5) is 3.76. The third kappa shape index (κ3) is 3.92. The van der Waals surface area contributed by atoms with E-state index in [0.29, 0.717) is 6.54 Å². The van der Waals surface area contributed by atoms with Gasteiger partial charge in [-0.05, 0) is 31.2 Å². The monoisotopic (exact) mass is 273 g/mol. The molecule has 18 heavy (non-hydrogen) atoms. The SMILES string of the molecule is Cc1cccc(SCc2ccc(C#CCN)s2)c1. The van der Waals surface area contributed by atoms with Crippen LogP contribution in [0.1, 0.15) is 15.3 Å². The van der Waals surface area contributed by atoms with Gasteiger partial charge < -0.3 is 5.73 Å². The van der Waals surface area contributed by atoms with Crippen LogP contribution in [-0.4, -0.2) is 6.54 Å². The van der Waals surface area contributed by atoms with Crippen molar-refractivity contribution in [1.82, 2.24) is 0 Å². The molecule has 1 aromatic heterocycles. The van der Waals surface area contributed by atoms with Gasteiger partial charge in [0.05, 0.1) is 11.4 Å². The zero-order valence-corrected chi connectivity index (χ0v) is 11.9. The lowest BCUT2D eigenvalue weighted by atomic mass is 10.2. The third-order valence-electron chi connectivity index (χ3n) is 2.35. The topological polar surface area (TPSA) is 26.0 Å². The molecule has 0 saturated carbocycles. The van der Waals surface area contributed by atoms with Gasteiger partial charge in [0.1, 0.15) is 0 Å². The Kier molecular flexibility index (Phi) is 4.89. The maximum Gasteiger partial charge on any atom is 0.0772 e. The maximum absolute atomic E-state index is 5.36. The number of rotatable bonds is 3. The minimum atomic E-state index is 0.422. The van der Waals surface area contributed by atoms with Gasteiger partial charge in [0.2, 0.25) is 0 Å². The van der Waals surface area contributed by atoms with Crippen LogP contribution in [0, 0.1) is 18.8 Å². The number of aryl methyl sites for hydroxylation is 1. The molecule has 0 aliphatic heterocycles. The van der Waals surface area contributed by atoms with Crippen molar-refractivity contribution in [3.05, 3.63) is 51.7 Å². The number of hydrogen-bond donors (Lipinski definition) is 1. The van der Waals surface area contributed by atoms with Crippen molar-refractivity contribution in [2.45, 2.75) is 17.6 Å². The van der Waals surface area contributed by atoms with Crippen molar-refractivity contribution in [3.63, 3.8) is 0 Å². The predicted molar refractivity (Wildman–Crippen MR) is 81.0 cm³/mol. The van der Waals surface area contributed by atoms with E-state index >= 15 is 0 Å². The van der Waals surface area contributed by atoms with Gasteiger partial charge in [-0.3, -0.25) is 0 Å². The van der Waals surface area contributed by atoms with Crippen molar-refractivity contribution in [3.8, 4) is 11.8 Å². The molecule has 0 saturated heterocycles. The average molecular weight is 273 g/mol. The van der Waals surface area contributed by atoms with Crippen LogP contribution >= 0.6 is 23.1 Å². The minimum Gasteiger partial charge on any atom is -0.320 e. The molecule has 0 spiro atoms. The summed E-state index contributed by atoms with van der Waals surface area (Å²) in [6.07, 6.45) is 0. The first-order chi connectivity index (χ1) is 8.78. The number of nitrogens with two attached hydrogens (primary N) is 1. The molecule has 2 aromatic rings. The number of thiophene rings is 1. The zero-order chi connectivity index (χ0) is 12.8. The number of benzene rings is 1. The van der Waals surface area contributed by atoms with Crippen molar-refractivity contribution < 1.29 is 0 Å². The van der Waals surface area contributed by atoms with Gasteiger partial charge in [-0.15, -0.1) is 23.1 Å². The van der Waals surface area contributed by atoms with Crippen molar-refractivity contribution in [1.29, 1.82) is 0 Å². The van der Waals surface area contributed by atoms with Crippen molar-refractivity contribution in [2.24, 2.45) is 5.73 Å². The molecule has 1 aromatic carbocycles. The lowest BCUT2D eigenvalue weighted by molar-refractivity contribution is 1.30. The van der Waals surface area contributed by atoms with E-state index in [0.717, 1.165) is 10.6 Å². The molecule has 0 atom stereocenters. The van der Waals surface area contributed by atoms with Crippen molar-refractivity contribution in [2.75, 3.05) is 6.54 Å². The molecular formula is C15H15NS2. The fourth-order valence-electron chi connectivity index (χ4n) is 1.52. The second kappa shape index (κ2) is 6.65. The fourth-order valence-corrected chi connectivity index (χ4v) is 3.46. The number of thioether (sulfide) groups is 1. The van der Waals surface area contributed by atoms with Crippen molar-refractivity contribution >= 4 is 23.1 Å². The highest BCUT2D eigenvalue weighted by atomic mass is 32.2. The normalized spacial score (nSPS) is 9.89. The Morgan fingerprint density at radius 1 is 1.28 bits per heavy atom. The Bertz CT molecular complexity index is 575. The van der Waals surface area contributed by atoms with Crippen LogP contribution in [0.2, 0.25) is 0 Å². The van der Waals surface area contributed by atoms with Gasteiger partial charge in [0.15, 0.2) is 0 Å². The lowest BCUT2D eigenvalue weighted by Gasteiger charge is -2.00. The molecule has 1 heterocycles. The highest BCUT2D eigenvalue weighted by Crippen LogP contribution is 2.27. The molecule has 2 N–H and O–H groups in total. The summed E-state index contributed by atoms with van der Waals surface area (Å²) in [5, 5.41) is 0. The molecule has 92 valence electrons. The van der Waals surface area contributed by atoms with E-state index in [2.05, 4.69) is 55.2 Å². The lowest BCUT2D eigenvalue weighted by Crippen LogP contribution is -1.92. The molecular weight excluding hydrogens is 258 g/mol. The molecule has 3 heteroatoms. The molecule has 2 rings (SSSR count). The van der Waals surface area contributed by atoms with Gasteiger partial charge in [0, 0.05) is 15.5 Å². The Labute approximate surface area is 116 Å². The number of hydrogen-bond acceptors (Lipinski definition) is 3. The molecule has 1 nitrogen and oxygen atoms in total. The van der Waals surface area contributed by atoms with Gasteiger partial charge >= 0.3 is 0 Å². The Morgan fingerprint density at radius 2 is 2.17 bits per heavy atom. The van der Waals surface area contributed by atoms with Gasteiger partial charge in [-0.2, -0.15) is 0 Å². The first kappa shape index (κ1) is 13.2. The van der Waals surface area contributed by atoms with E-state index in [1.165, 1.54) is 15.3 Å². The van der Waals surface area contributed by atoms with Crippen LogP contribution in [0.5, 0.6) is 0 Å². The highest BCUT2D eigenvalue weighted by molar-refractivity contribution is 7.98. The molecule has 0 radical (unpaired) electrons. The summed E-state index contributed by atoms with van der Waals surface area (Å²) >= 11 is 3.61. The summed E-state index contributed by atoms with van der Waals surface area (Å²) in [6, 6.07) is 12.8. The largest absolute Gasteiger partial charge is 0.320 e. The molecule has 0 aliphatic carbocycles. The summed E-state index contributed by atoms with van der Waals surface area (Å²) in [5.74, 6) is 6.95. The van der Waals surface area contributed by atoms with E-state index in [4.69, 9.17) is 5.73 Å². The summed E-state index contributed by atoms with van der Waals surface area (Å²) < 4.78 is 0. The second-order valence-electron chi connectivity index (χ2n) is 3.88. The van der Waals surface area contributed by atoms with Gasteiger partial charge in [0.25, 0.3) is 0 Å². The highest BCUT2D eigenvalue weighted by Gasteiger charge is 2.00. The van der Waals surface area contributed by atoms with E-state index in [1.807, 2.05) is 11.8 Å². The van der Waals surface area contributed by atoms with Crippen LogP contribution in [0.3, 0.4) is 0 Å². The van der Waals surface area contributed by atoms with Crippen LogP contribution in [0.15, 0.2) is 41.3 Å². The molecule has 0 bridgehead atoms. The van der Waals surface area contributed by atoms with Crippen LogP contribution < -0.4 is 5.73 Å². The van der Waals surface area contributed by atoms with Crippen LogP contribution in [0.25, 0.3) is 0 Å². The van der Waals surface area contributed by atoms with E-state index in [1.54, 1.807) is 11.3 Å². The van der Waals surface area contributed by atoms with E-state index in [9.17, 15) is 0 Å². The van der Waals surface area contributed by atoms with Crippen LogP contribution in [0.4, 0.5) is 0 Å². The first-order valence-electron chi connectivity index (χ1n) is 5.75. The Balaban J connectivity index is 1.96.